The van der Waals surface area contributed by atoms with Crippen molar-refractivity contribution in [3.05, 3.63) is 0 Å². The highest BCUT2D eigenvalue weighted by Crippen LogP contribution is 2.40. The molecule has 1 saturated carbocycles. The van der Waals surface area contributed by atoms with E-state index in [2.05, 4.69) is 5.32 Å². The standard InChI is InChI=1S/C14H24N2O5S/c1-22(20,21)16-13(17)5-3-9-2-4-10-8-15-12(14(18)19)7-11(10)6-9/h9-12,15H,2-8H2,1H3,(H,16,17)(H,18,19)/t9-,10+,11-,12+/m1/s1. The molecule has 8 heteroatoms. The lowest BCUT2D eigenvalue weighted by molar-refractivity contribution is -0.141. The summed E-state index contributed by atoms with van der Waals surface area (Å²) in [4.78, 5) is 22.6. The van der Waals surface area contributed by atoms with Crippen LogP contribution in [0, 0.1) is 17.8 Å². The number of aliphatic carboxylic acids is 1. The van der Waals surface area contributed by atoms with Crippen LogP contribution in [-0.4, -0.2) is 44.2 Å². The third-order valence-electron chi connectivity index (χ3n) is 4.79. The Bertz CT molecular complexity index is 533. The number of hydrogen-bond acceptors (Lipinski definition) is 5. The highest BCUT2D eigenvalue weighted by Gasteiger charge is 2.37. The quantitative estimate of drug-likeness (QED) is 0.668. The van der Waals surface area contributed by atoms with Crippen LogP contribution < -0.4 is 10.0 Å². The molecule has 1 heterocycles. The fourth-order valence-electron chi connectivity index (χ4n) is 3.70. The van der Waals surface area contributed by atoms with Crippen LogP contribution in [0.25, 0.3) is 0 Å². The molecule has 126 valence electrons. The molecule has 7 nitrogen and oxygen atoms in total. The number of carboxylic acid groups (broad SMARTS) is 1. The summed E-state index contributed by atoms with van der Waals surface area (Å²) in [6.07, 6.45) is 5.48. The molecule has 0 unspecified atom stereocenters. The number of carbonyl (C=O) groups is 2. The molecule has 1 saturated heterocycles. The number of nitrogens with one attached hydrogen (secondary N) is 2. The predicted octanol–water partition coefficient (Wildman–Crippen LogP) is 0.321. The molecule has 2 fully saturated rings. The fraction of sp³-hybridized carbons (Fsp3) is 0.857. The van der Waals surface area contributed by atoms with Gasteiger partial charge >= 0.3 is 5.97 Å². The maximum absolute atomic E-state index is 11.5. The molecule has 0 aromatic carbocycles. The van der Waals surface area contributed by atoms with Gasteiger partial charge in [0.05, 0.1) is 6.26 Å². The second-order valence-corrected chi connectivity index (χ2v) is 8.32. The van der Waals surface area contributed by atoms with Gasteiger partial charge in [0.2, 0.25) is 15.9 Å². The smallest absolute Gasteiger partial charge is 0.320 e. The zero-order valence-corrected chi connectivity index (χ0v) is 13.6. The van der Waals surface area contributed by atoms with Gasteiger partial charge in [-0.1, -0.05) is 6.42 Å². The van der Waals surface area contributed by atoms with Crippen molar-refractivity contribution in [3.63, 3.8) is 0 Å². The van der Waals surface area contributed by atoms with Gasteiger partial charge in [-0.15, -0.1) is 0 Å². The lowest BCUT2D eigenvalue weighted by Gasteiger charge is -2.41. The lowest BCUT2D eigenvalue weighted by Crippen LogP contribution is -2.49. The van der Waals surface area contributed by atoms with Gasteiger partial charge in [-0.05, 0) is 50.0 Å². The number of carbonyl (C=O) groups excluding carboxylic acids is 1. The van der Waals surface area contributed by atoms with Gasteiger partial charge in [0.1, 0.15) is 6.04 Å². The molecule has 0 spiro atoms. The average Bonchev–Trinajstić information content (AvgIpc) is 2.42. The van der Waals surface area contributed by atoms with Gasteiger partial charge in [-0.25, -0.2) is 8.42 Å². The number of carboxylic acids is 1. The molecule has 0 bridgehead atoms. The fourth-order valence-corrected chi connectivity index (χ4v) is 4.22. The molecule has 1 aliphatic heterocycles. The Kier molecular flexibility index (Phi) is 5.44. The van der Waals surface area contributed by atoms with E-state index >= 15 is 0 Å². The Morgan fingerprint density at radius 2 is 1.95 bits per heavy atom. The minimum Gasteiger partial charge on any atom is -0.480 e. The molecule has 0 aromatic heterocycles. The van der Waals surface area contributed by atoms with E-state index in [9.17, 15) is 18.0 Å². The van der Waals surface area contributed by atoms with Crippen LogP contribution in [0.3, 0.4) is 0 Å². The van der Waals surface area contributed by atoms with Crippen molar-refractivity contribution >= 4 is 21.9 Å². The van der Waals surface area contributed by atoms with Crippen molar-refractivity contribution in [2.24, 2.45) is 17.8 Å². The van der Waals surface area contributed by atoms with Gasteiger partial charge in [-0.2, -0.15) is 0 Å². The molecule has 0 radical (unpaired) electrons. The van der Waals surface area contributed by atoms with Crippen molar-refractivity contribution in [1.29, 1.82) is 0 Å². The summed E-state index contributed by atoms with van der Waals surface area (Å²) in [5.74, 6) is 0.0290. The topological polar surface area (TPSA) is 113 Å². The summed E-state index contributed by atoms with van der Waals surface area (Å²) >= 11 is 0. The minimum atomic E-state index is -3.49. The number of piperidine rings is 1. The van der Waals surface area contributed by atoms with Crippen LogP contribution in [0.5, 0.6) is 0 Å². The summed E-state index contributed by atoms with van der Waals surface area (Å²) < 4.78 is 24.0. The zero-order chi connectivity index (χ0) is 16.3. The van der Waals surface area contributed by atoms with E-state index in [4.69, 9.17) is 5.11 Å². The van der Waals surface area contributed by atoms with E-state index in [-0.39, 0.29) is 6.42 Å². The van der Waals surface area contributed by atoms with Gasteiger partial charge < -0.3 is 10.4 Å². The molecule has 3 N–H and O–H groups in total. The number of rotatable bonds is 5. The van der Waals surface area contributed by atoms with E-state index < -0.39 is 27.9 Å². The minimum absolute atomic E-state index is 0.204. The Morgan fingerprint density at radius 3 is 2.59 bits per heavy atom. The summed E-state index contributed by atoms with van der Waals surface area (Å²) in [5, 5.41) is 12.2. The molecule has 1 amide bonds. The van der Waals surface area contributed by atoms with Crippen LogP contribution in [0.4, 0.5) is 0 Å². The van der Waals surface area contributed by atoms with Crippen molar-refractivity contribution < 1.29 is 23.1 Å². The van der Waals surface area contributed by atoms with Crippen LogP contribution in [0.15, 0.2) is 0 Å². The molecule has 22 heavy (non-hydrogen) atoms. The summed E-state index contributed by atoms with van der Waals surface area (Å²) in [6, 6.07) is -0.464. The monoisotopic (exact) mass is 332 g/mol. The molecule has 4 atom stereocenters. The van der Waals surface area contributed by atoms with Crippen molar-refractivity contribution in [2.75, 3.05) is 12.8 Å². The SMILES string of the molecule is CS(=O)(=O)NC(=O)CC[C@H]1CC[C@H]2CN[C@H](C(=O)O)C[C@H]2C1. The first kappa shape index (κ1) is 17.2. The number of sulfonamides is 1. The first-order valence-corrected chi connectivity index (χ1v) is 9.60. The lowest BCUT2D eigenvalue weighted by atomic mass is 9.69. The van der Waals surface area contributed by atoms with Gasteiger partial charge in [-0.3, -0.25) is 14.3 Å². The van der Waals surface area contributed by atoms with E-state index in [1.807, 2.05) is 4.72 Å². The van der Waals surface area contributed by atoms with E-state index in [0.717, 1.165) is 32.1 Å². The molecule has 2 aliphatic rings. The zero-order valence-electron chi connectivity index (χ0n) is 12.7. The maximum Gasteiger partial charge on any atom is 0.320 e. The molecular weight excluding hydrogens is 308 g/mol. The van der Waals surface area contributed by atoms with Gasteiger partial charge in [0.25, 0.3) is 0 Å². The van der Waals surface area contributed by atoms with Gasteiger partial charge in [0.15, 0.2) is 0 Å². The van der Waals surface area contributed by atoms with Crippen LogP contribution in [-0.2, 0) is 19.6 Å². The number of amides is 1. The molecule has 0 aromatic rings. The highest BCUT2D eigenvalue weighted by molar-refractivity contribution is 7.89. The third kappa shape index (κ3) is 4.95. The predicted molar refractivity (Wildman–Crippen MR) is 80.6 cm³/mol. The largest absolute Gasteiger partial charge is 0.480 e. The average molecular weight is 332 g/mol. The molecular formula is C14H24N2O5S. The number of hydrogen-bond donors (Lipinski definition) is 3. The summed E-state index contributed by atoms with van der Waals surface area (Å²) in [7, 11) is -3.49. The van der Waals surface area contributed by atoms with Crippen molar-refractivity contribution in [2.45, 2.75) is 44.6 Å². The number of fused-ring (bicyclic) bond motifs is 1. The summed E-state index contributed by atoms with van der Waals surface area (Å²) in [6.45, 7) is 0.753. The van der Waals surface area contributed by atoms with Crippen LogP contribution >= 0.6 is 0 Å². The van der Waals surface area contributed by atoms with Gasteiger partial charge in [0, 0.05) is 6.42 Å². The second kappa shape index (κ2) is 6.95. The van der Waals surface area contributed by atoms with Crippen molar-refractivity contribution in [1.82, 2.24) is 10.0 Å². The second-order valence-electron chi connectivity index (χ2n) is 6.57. The summed E-state index contributed by atoms with van der Waals surface area (Å²) in [5.41, 5.74) is 0. The first-order valence-electron chi connectivity index (χ1n) is 7.71. The molecule has 1 aliphatic carbocycles. The maximum atomic E-state index is 11.5. The Morgan fingerprint density at radius 1 is 1.23 bits per heavy atom. The first-order chi connectivity index (χ1) is 10.2. The van der Waals surface area contributed by atoms with E-state index in [1.165, 1.54) is 0 Å². The van der Waals surface area contributed by atoms with Crippen LogP contribution in [0.1, 0.15) is 38.5 Å². The van der Waals surface area contributed by atoms with Crippen LogP contribution in [0.2, 0.25) is 0 Å². The molecule has 2 rings (SSSR count). The normalized spacial score (nSPS) is 32.0. The van der Waals surface area contributed by atoms with E-state index in [0.29, 0.717) is 30.6 Å². The van der Waals surface area contributed by atoms with Crippen molar-refractivity contribution in [3.8, 4) is 0 Å². The highest BCUT2D eigenvalue weighted by atomic mass is 32.2. The Balaban J connectivity index is 1.80. The Hall–Kier alpha value is -1.15. The third-order valence-corrected chi connectivity index (χ3v) is 5.39. The Labute approximate surface area is 130 Å². The van der Waals surface area contributed by atoms with E-state index in [1.54, 1.807) is 0 Å².